The van der Waals surface area contributed by atoms with Crippen LogP contribution in [0.15, 0.2) is 24.3 Å². The Morgan fingerprint density at radius 2 is 1.73 bits per heavy atom. The average Bonchev–Trinajstić information content (AvgIpc) is 2.42. The predicted molar refractivity (Wildman–Crippen MR) is 77.7 cm³/mol. The predicted octanol–water partition coefficient (Wildman–Crippen LogP) is 4.09. The van der Waals surface area contributed by atoms with E-state index in [1.54, 1.807) is 12.1 Å². The molecule has 4 heteroatoms. The van der Waals surface area contributed by atoms with E-state index in [1.807, 2.05) is 0 Å². The molecule has 4 aliphatic rings. The number of alkyl halides is 1. The van der Waals surface area contributed by atoms with Crippen molar-refractivity contribution in [3.63, 3.8) is 0 Å². The van der Waals surface area contributed by atoms with Crippen molar-refractivity contribution >= 4 is 5.97 Å². The zero-order valence-electron chi connectivity index (χ0n) is 12.4. The molecule has 0 heterocycles. The number of hydrogen-bond acceptors (Lipinski definition) is 1. The standard InChI is InChI=1S/C18H20F2O2/c19-15-3-1-12(2-4-15)18(10-16(21)22)13-5-11-6-14(18)9-17(20,7-11)8-13/h1-4,11,13-14H,5-10H2,(H,21,22)/t11?,13-,14+,17?,18?. The number of aliphatic carboxylic acids is 1. The summed E-state index contributed by atoms with van der Waals surface area (Å²) in [6.45, 7) is 0. The van der Waals surface area contributed by atoms with E-state index < -0.39 is 17.1 Å². The van der Waals surface area contributed by atoms with E-state index in [1.165, 1.54) is 12.1 Å². The minimum absolute atomic E-state index is 0.0246. The molecule has 0 radical (unpaired) electrons. The largest absolute Gasteiger partial charge is 0.481 e. The van der Waals surface area contributed by atoms with Crippen molar-refractivity contribution in [1.82, 2.24) is 0 Å². The second-order valence-corrected chi connectivity index (χ2v) is 7.61. The number of carboxylic acids is 1. The van der Waals surface area contributed by atoms with Crippen molar-refractivity contribution < 1.29 is 18.7 Å². The van der Waals surface area contributed by atoms with Crippen LogP contribution in [0, 0.1) is 23.6 Å². The molecular formula is C18H20F2O2. The molecule has 4 saturated carbocycles. The minimum atomic E-state index is -1.10. The monoisotopic (exact) mass is 306 g/mol. The van der Waals surface area contributed by atoms with Crippen molar-refractivity contribution in [1.29, 1.82) is 0 Å². The molecule has 3 unspecified atom stereocenters. The van der Waals surface area contributed by atoms with Crippen molar-refractivity contribution in [2.24, 2.45) is 17.8 Å². The van der Waals surface area contributed by atoms with Gasteiger partial charge in [0.15, 0.2) is 0 Å². The van der Waals surface area contributed by atoms with Gasteiger partial charge in [-0.1, -0.05) is 12.1 Å². The first-order valence-electron chi connectivity index (χ1n) is 8.08. The van der Waals surface area contributed by atoms with Gasteiger partial charge in [-0.05, 0) is 67.6 Å². The highest BCUT2D eigenvalue weighted by Gasteiger charge is 2.63. The van der Waals surface area contributed by atoms with Gasteiger partial charge in [0.25, 0.3) is 0 Å². The van der Waals surface area contributed by atoms with E-state index in [0.29, 0.717) is 25.2 Å². The van der Waals surface area contributed by atoms with Gasteiger partial charge in [0.05, 0.1) is 6.42 Å². The molecule has 5 rings (SSSR count). The highest BCUT2D eigenvalue weighted by molar-refractivity contribution is 5.69. The van der Waals surface area contributed by atoms with Gasteiger partial charge >= 0.3 is 5.97 Å². The summed E-state index contributed by atoms with van der Waals surface area (Å²) in [5.41, 5.74) is -0.737. The molecule has 4 aliphatic carbocycles. The highest BCUT2D eigenvalue weighted by atomic mass is 19.1. The first-order chi connectivity index (χ1) is 10.4. The molecule has 4 bridgehead atoms. The van der Waals surface area contributed by atoms with Gasteiger partial charge in [0, 0.05) is 5.41 Å². The van der Waals surface area contributed by atoms with Crippen LogP contribution in [0.4, 0.5) is 8.78 Å². The smallest absolute Gasteiger partial charge is 0.304 e. The molecule has 22 heavy (non-hydrogen) atoms. The van der Waals surface area contributed by atoms with Gasteiger partial charge in [0.2, 0.25) is 0 Å². The summed E-state index contributed by atoms with van der Waals surface area (Å²) in [6, 6.07) is 6.22. The van der Waals surface area contributed by atoms with Crippen molar-refractivity contribution in [2.45, 2.75) is 49.6 Å². The summed E-state index contributed by atoms with van der Waals surface area (Å²) in [7, 11) is 0. The molecule has 0 saturated heterocycles. The van der Waals surface area contributed by atoms with E-state index in [9.17, 15) is 18.7 Å². The van der Waals surface area contributed by atoms with E-state index >= 15 is 0 Å². The van der Waals surface area contributed by atoms with Crippen molar-refractivity contribution in [3.8, 4) is 0 Å². The van der Waals surface area contributed by atoms with E-state index in [0.717, 1.165) is 18.4 Å². The molecule has 1 aromatic carbocycles. The van der Waals surface area contributed by atoms with Crippen LogP contribution >= 0.6 is 0 Å². The summed E-state index contributed by atoms with van der Waals surface area (Å²) in [4.78, 5) is 11.5. The topological polar surface area (TPSA) is 37.3 Å². The van der Waals surface area contributed by atoms with Crippen LogP contribution in [-0.2, 0) is 10.2 Å². The third-order valence-electron chi connectivity index (χ3n) is 6.40. The number of halogens is 2. The number of carboxylic acid groups (broad SMARTS) is 1. The Morgan fingerprint density at radius 3 is 2.23 bits per heavy atom. The second-order valence-electron chi connectivity index (χ2n) is 7.61. The summed E-state index contributed by atoms with van der Waals surface area (Å²) in [6.07, 6.45) is 3.41. The molecule has 2 nitrogen and oxygen atoms in total. The summed E-state index contributed by atoms with van der Waals surface area (Å²) in [5.74, 6) is -0.648. The lowest BCUT2D eigenvalue weighted by Crippen LogP contribution is -2.61. The zero-order valence-corrected chi connectivity index (χ0v) is 12.4. The van der Waals surface area contributed by atoms with Crippen LogP contribution in [0.2, 0.25) is 0 Å². The SMILES string of the molecule is O=C(O)CC1(c2ccc(F)cc2)[C@@H]2CC3C[C@H]1CC(F)(C3)C2. The number of benzene rings is 1. The zero-order chi connectivity index (χ0) is 15.5. The fourth-order valence-electron chi connectivity index (χ4n) is 5.88. The van der Waals surface area contributed by atoms with Crippen LogP contribution in [-0.4, -0.2) is 16.7 Å². The lowest BCUT2D eigenvalue weighted by atomic mass is 9.42. The average molecular weight is 306 g/mol. The molecule has 1 N–H and O–H groups in total. The Hall–Kier alpha value is -1.45. The van der Waals surface area contributed by atoms with Gasteiger partial charge in [-0.2, -0.15) is 0 Å². The summed E-state index contributed by atoms with van der Waals surface area (Å²) in [5, 5.41) is 9.48. The van der Waals surface area contributed by atoms with Crippen molar-refractivity contribution in [3.05, 3.63) is 35.6 Å². The number of rotatable bonds is 3. The quantitative estimate of drug-likeness (QED) is 0.913. The first-order valence-corrected chi connectivity index (χ1v) is 8.08. The Kier molecular flexibility index (Phi) is 2.91. The summed E-state index contributed by atoms with van der Waals surface area (Å²) < 4.78 is 28.2. The van der Waals surface area contributed by atoms with E-state index in [-0.39, 0.29) is 24.1 Å². The Morgan fingerprint density at radius 1 is 1.14 bits per heavy atom. The third kappa shape index (κ3) is 1.92. The van der Waals surface area contributed by atoms with Crippen LogP contribution in [0.1, 0.15) is 44.1 Å². The van der Waals surface area contributed by atoms with Crippen LogP contribution in [0.3, 0.4) is 0 Å². The maximum atomic E-state index is 14.9. The molecular weight excluding hydrogens is 286 g/mol. The molecule has 4 fully saturated rings. The van der Waals surface area contributed by atoms with Gasteiger partial charge in [0.1, 0.15) is 11.5 Å². The Balaban J connectivity index is 1.82. The van der Waals surface area contributed by atoms with Crippen LogP contribution < -0.4 is 0 Å². The Labute approximate surface area is 128 Å². The van der Waals surface area contributed by atoms with E-state index in [2.05, 4.69) is 0 Å². The Bertz CT molecular complexity index is 594. The molecule has 5 atom stereocenters. The minimum Gasteiger partial charge on any atom is -0.481 e. The van der Waals surface area contributed by atoms with Gasteiger partial charge < -0.3 is 5.11 Å². The first kappa shape index (κ1) is 14.2. The molecule has 0 spiro atoms. The van der Waals surface area contributed by atoms with Gasteiger partial charge in [-0.25, -0.2) is 8.78 Å². The third-order valence-corrected chi connectivity index (χ3v) is 6.40. The lowest BCUT2D eigenvalue weighted by Gasteiger charge is -2.63. The fourth-order valence-corrected chi connectivity index (χ4v) is 5.88. The lowest BCUT2D eigenvalue weighted by molar-refractivity contribution is -0.154. The maximum absolute atomic E-state index is 14.9. The van der Waals surface area contributed by atoms with Gasteiger partial charge in [-0.15, -0.1) is 0 Å². The fraction of sp³-hybridized carbons (Fsp3) is 0.611. The summed E-state index contributed by atoms with van der Waals surface area (Å²) >= 11 is 0. The number of carbonyl (C=O) groups is 1. The van der Waals surface area contributed by atoms with Crippen molar-refractivity contribution in [2.75, 3.05) is 0 Å². The molecule has 0 aliphatic heterocycles. The number of hydrogen-bond donors (Lipinski definition) is 1. The maximum Gasteiger partial charge on any atom is 0.304 e. The van der Waals surface area contributed by atoms with Crippen LogP contribution in [0.25, 0.3) is 0 Å². The van der Waals surface area contributed by atoms with Gasteiger partial charge in [-0.3, -0.25) is 4.79 Å². The molecule has 1 aromatic rings. The molecule has 0 amide bonds. The second kappa shape index (κ2) is 4.53. The normalized spacial score (nSPS) is 42.5. The van der Waals surface area contributed by atoms with Crippen LogP contribution in [0.5, 0.6) is 0 Å². The molecule has 0 aromatic heterocycles. The molecule has 118 valence electrons. The highest BCUT2D eigenvalue weighted by Crippen LogP contribution is 2.66. The van der Waals surface area contributed by atoms with E-state index in [4.69, 9.17) is 0 Å².